The van der Waals surface area contributed by atoms with Gasteiger partial charge in [0, 0.05) is 11.9 Å². The summed E-state index contributed by atoms with van der Waals surface area (Å²) < 4.78 is 10.9. The van der Waals surface area contributed by atoms with Gasteiger partial charge in [0.05, 0.1) is 18.9 Å². The Balaban J connectivity index is 1.72. The van der Waals surface area contributed by atoms with Crippen LogP contribution >= 0.6 is 0 Å². The molecule has 1 amide bonds. The summed E-state index contributed by atoms with van der Waals surface area (Å²) in [5, 5.41) is 5.93. The summed E-state index contributed by atoms with van der Waals surface area (Å²) in [4.78, 5) is 21.1. The first-order valence-corrected chi connectivity index (χ1v) is 9.27. The number of carbonyl (C=O) groups is 1. The van der Waals surface area contributed by atoms with Gasteiger partial charge in [-0.05, 0) is 68.8 Å². The van der Waals surface area contributed by atoms with E-state index >= 15 is 0 Å². The molecular formula is C22H24N4O3. The van der Waals surface area contributed by atoms with E-state index < -0.39 is 0 Å². The quantitative estimate of drug-likeness (QED) is 0.612. The molecule has 0 bridgehead atoms. The van der Waals surface area contributed by atoms with Gasteiger partial charge in [-0.15, -0.1) is 0 Å². The van der Waals surface area contributed by atoms with E-state index in [0.717, 1.165) is 17.0 Å². The van der Waals surface area contributed by atoms with Crippen LogP contribution in [-0.4, -0.2) is 29.1 Å². The van der Waals surface area contributed by atoms with Crippen LogP contribution in [0.2, 0.25) is 0 Å². The topological polar surface area (TPSA) is 85.4 Å². The number of benzene rings is 2. The highest BCUT2D eigenvalue weighted by Crippen LogP contribution is 2.26. The van der Waals surface area contributed by atoms with Crippen LogP contribution < -0.4 is 20.1 Å². The molecule has 0 aliphatic rings. The maximum atomic E-state index is 12.6. The van der Waals surface area contributed by atoms with Gasteiger partial charge in [0.15, 0.2) is 0 Å². The number of methoxy groups -OCH3 is 1. The number of hydrogen-bond acceptors (Lipinski definition) is 6. The van der Waals surface area contributed by atoms with Gasteiger partial charge in [-0.25, -0.2) is 9.97 Å². The van der Waals surface area contributed by atoms with E-state index in [4.69, 9.17) is 9.47 Å². The average Bonchev–Trinajstić information content (AvgIpc) is 2.69. The molecule has 0 aliphatic heterocycles. The number of ether oxygens (including phenoxy) is 2. The number of rotatable bonds is 7. The monoisotopic (exact) mass is 392 g/mol. The maximum Gasteiger partial charge on any atom is 0.274 e. The van der Waals surface area contributed by atoms with Crippen LogP contribution in [0, 0.1) is 6.92 Å². The molecule has 3 aromatic rings. The summed E-state index contributed by atoms with van der Waals surface area (Å²) in [5.74, 6) is 1.35. The predicted octanol–water partition coefficient (Wildman–Crippen LogP) is 4.58. The number of aromatic nitrogens is 2. The smallest absolute Gasteiger partial charge is 0.274 e. The van der Waals surface area contributed by atoms with E-state index in [0.29, 0.717) is 17.4 Å². The van der Waals surface area contributed by atoms with Crippen molar-refractivity contribution in [3.05, 3.63) is 66.0 Å². The van der Waals surface area contributed by atoms with Crippen LogP contribution in [0.5, 0.6) is 11.5 Å². The average molecular weight is 392 g/mol. The Hall–Kier alpha value is -3.61. The summed E-state index contributed by atoms with van der Waals surface area (Å²) in [6.07, 6.45) is 1.65. The third-order valence-corrected chi connectivity index (χ3v) is 3.97. The van der Waals surface area contributed by atoms with Crippen molar-refractivity contribution in [1.29, 1.82) is 0 Å². The molecule has 0 saturated heterocycles. The highest BCUT2D eigenvalue weighted by molar-refractivity contribution is 6.03. The van der Waals surface area contributed by atoms with E-state index in [1.54, 1.807) is 13.2 Å². The van der Waals surface area contributed by atoms with Crippen molar-refractivity contribution in [1.82, 2.24) is 9.97 Å². The second-order valence-electron chi connectivity index (χ2n) is 6.74. The van der Waals surface area contributed by atoms with Crippen molar-refractivity contribution >= 4 is 23.2 Å². The molecule has 2 N–H and O–H groups in total. The molecule has 0 saturated carbocycles. The Bertz CT molecular complexity index is 988. The highest BCUT2D eigenvalue weighted by atomic mass is 16.5. The van der Waals surface area contributed by atoms with Crippen molar-refractivity contribution in [2.24, 2.45) is 0 Å². The fraction of sp³-hybridized carbons (Fsp3) is 0.227. The Morgan fingerprint density at radius 1 is 1.07 bits per heavy atom. The molecule has 0 spiro atoms. The van der Waals surface area contributed by atoms with Gasteiger partial charge < -0.3 is 20.1 Å². The van der Waals surface area contributed by atoms with E-state index in [2.05, 4.69) is 20.6 Å². The number of amides is 1. The largest absolute Gasteiger partial charge is 0.495 e. The fourth-order valence-electron chi connectivity index (χ4n) is 2.67. The van der Waals surface area contributed by atoms with E-state index in [9.17, 15) is 4.79 Å². The minimum atomic E-state index is -0.347. The Morgan fingerprint density at radius 2 is 1.83 bits per heavy atom. The molecule has 0 fully saturated rings. The lowest BCUT2D eigenvalue weighted by Crippen LogP contribution is -2.15. The Kier molecular flexibility index (Phi) is 6.29. The summed E-state index contributed by atoms with van der Waals surface area (Å²) in [6.45, 7) is 5.89. The Labute approximate surface area is 170 Å². The zero-order valence-electron chi connectivity index (χ0n) is 16.9. The van der Waals surface area contributed by atoms with Crippen molar-refractivity contribution in [2.75, 3.05) is 17.7 Å². The molecule has 0 radical (unpaired) electrons. The lowest BCUT2D eigenvalue weighted by Gasteiger charge is -2.12. The van der Waals surface area contributed by atoms with Crippen LogP contribution in [0.3, 0.4) is 0 Å². The molecule has 2 aromatic carbocycles. The minimum absolute atomic E-state index is 0.111. The first-order chi connectivity index (χ1) is 13.9. The van der Waals surface area contributed by atoms with Gasteiger partial charge in [0.2, 0.25) is 5.95 Å². The predicted molar refractivity (Wildman–Crippen MR) is 113 cm³/mol. The molecule has 1 heterocycles. The fourth-order valence-corrected chi connectivity index (χ4v) is 2.67. The minimum Gasteiger partial charge on any atom is -0.495 e. The molecule has 0 aliphatic carbocycles. The first-order valence-electron chi connectivity index (χ1n) is 9.27. The number of anilines is 3. The number of hydrogen-bond donors (Lipinski definition) is 2. The summed E-state index contributed by atoms with van der Waals surface area (Å²) >= 11 is 0. The molecule has 29 heavy (non-hydrogen) atoms. The Morgan fingerprint density at radius 3 is 2.52 bits per heavy atom. The van der Waals surface area contributed by atoms with Crippen LogP contribution in [0.4, 0.5) is 17.3 Å². The van der Waals surface area contributed by atoms with E-state index in [1.165, 1.54) is 6.20 Å². The molecular weight excluding hydrogens is 368 g/mol. The number of aryl methyl sites for hydroxylation is 1. The van der Waals surface area contributed by atoms with Crippen LogP contribution in [-0.2, 0) is 0 Å². The molecule has 7 nitrogen and oxygen atoms in total. The van der Waals surface area contributed by atoms with Crippen molar-refractivity contribution in [2.45, 2.75) is 26.9 Å². The first kappa shape index (κ1) is 20.1. The molecule has 7 heteroatoms. The highest BCUT2D eigenvalue weighted by Gasteiger charge is 2.12. The molecule has 0 atom stereocenters. The van der Waals surface area contributed by atoms with Crippen molar-refractivity contribution < 1.29 is 14.3 Å². The van der Waals surface area contributed by atoms with Crippen LogP contribution in [0.1, 0.15) is 29.9 Å². The van der Waals surface area contributed by atoms with Gasteiger partial charge in [-0.1, -0.05) is 6.07 Å². The third kappa shape index (κ3) is 5.44. The molecule has 0 unspecified atom stereocenters. The SMILES string of the molecule is COc1ccc(C)cc1NC(=O)c1ccnc(Nc2ccc(OC(C)C)cc2)n1. The van der Waals surface area contributed by atoms with Gasteiger partial charge in [0.1, 0.15) is 17.2 Å². The number of carbonyl (C=O) groups excluding carboxylic acids is 1. The summed E-state index contributed by atoms with van der Waals surface area (Å²) in [6, 6.07) is 14.6. The van der Waals surface area contributed by atoms with Crippen molar-refractivity contribution in [3.8, 4) is 11.5 Å². The van der Waals surface area contributed by atoms with Gasteiger partial charge >= 0.3 is 0 Å². The maximum absolute atomic E-state index is 12.6. The number of nitrogens with zero attached hydrogens (tertiary/aromatic N) is 2. The van der Waals surface area contributed by atoms with Crippen LogP contribution in [0.25, 0.3) is 0 Å². The lowest BCUT2D eigenvalue weighted by atomic mass is 10.2. The molecule has 1 aromatic heterocycles. The molecule has 150 valence electrons. The van der Waals surface area contributed by atoms with Crippen molar-refractivity contribution in [3.63, 3.8) is 0 Å². The second-order valence-corrected chi connectivity index (χ2v) is 6.74. The zero-order chi connectivity index (χ0) is 20.8. The van der Waals surface area contributed by atoms with Gasteiger partial charge in [-0.2, -0.15) is 0 Å². The third-order valence-electron chi connectivity index (χ3n) is 3.97. The second kappa shape index (κ2) is 9.05. The molecule has 3 rings (SSSR count). The van der Waals surface area contributed by atoms with Gasteiger partial charge in [0.25, 0.3) is 5.91 Å². The van der Waals surface area contributed by atoms with E-state index in [-0.39, 0.29) is 17.7 Å². The normalized spacial score (nSPS) is 10.5. The standard InChI is InChI=1S/C22H24N4O3/c1-14(2)29-17-8-6-16(7-9-17)24-22-23-12-11-18(26-22)21(27)25-19-13-15(3)5-10-20(19)28-4/h5-14H,1-4H3,(H,25,27)(H,23,24,26). The lowest BCUT2D eigenvalue weighted by molar-refractivity contribution is 0.102. The summed E-state index contributed by atoms with van der Waals surface area (Å²) in [7, 11) is 1.56. The van der Waals surface area contributed by atoms with Gasteiger partial charge in [-0.3, -0.25) is 4.79 Å². The van der Waals surface area contributed by atoms with Crippen LogP contribution in [0.15, 0.2) is 54.7 Å². The zero-order valence-corrected chi connectivity index (χ0v) is 16.9. The summed E-state index contributed by atoms with van der Waals surface area (Å²) in [5.41, 5.74) is 2.63. The van der Waals surface area contributed by atoms with E-state index in [1.807, 2.05) is 63.2 Å². The number of nitrogens with one attached hydrogen (secondary N) is 2.